The molecule has 3 heterocycles. The molecule has 1 saturated heterocycles. The number of anilines is 1. The van der Waals surface area contributed by atoms with Gasteiger partial charge in [-0.15, -0.1) is 0 Å². The second kappa shape index (κ2) is 8.95. The first-order valence-electron chi connectivity index (χ1n) is 10.9. The van der Waals surface area contributed by atoms with Crippen molar-refractivity contribution in [3.05, 3.63) is 71.8 Å². The zero-order valence-electron chi connectivity index (χ0n) is 18.0. The maximum absolute atomic E-state index is 13.8. The number of fused-ring (bicyclic) bond motifs is 1. The fraction of sp³-hybridized carbons (Fsp3) is 0.250. The first-order valence-corrected chi connectivity index (χ1v) is 10.9. The molecule has 0 radical (unpaired) electrons. The molecule has 33 heavy (non-hydrogen) atoms. The van der Waals surface area contributed by atoms with Gasteiger partial charge >= 0.3 is 0 Å². The standard InChI is InChI=1S/C24H24FN7O/c25-19-6-2-1-5-18(19)24(33)28-12-15-7-9-16(10-8-15)21-20-22(26)29-14-30-23(20)32(31-21)17-4-3-11-27-13-17/h1-2,5-10,14,17,27H,3-4,11-13H2,(H,28,33)(H2,26,29,30)/t17-/m1/s1. The molecule has 2 aromatic heterocycles. The Bertz CT molecular complexity index is 1300. The van der Waals surface area contributed by atoms with E-state index in [-0.39, 0.29) is 18.2 Å². The number of piperidine rings is 1. The highest BCUT2D eigenvalue weighted by Gasteiger charge is 2.23. The molecule has 0 bridgehead atoms. The van der Waals surface area contributed by atoms with Gasteiger partial charge in [-0.25, -0.2) is 19.0 Å². The lowest BCUT2D eigenvalue weighted by molar-refractivity contribution is 0.0947. The predicted molar refractivity (Wildman–Crippen MR) is 124 cm³/mol. The van der Waals surface area contributed by atoms with Crippen molar-refractivity contribution in [1.29, 1.82) is 0 Å². The van der Waals surface area contributed by atoms with Gasteiger partial charge in [0.25, 0.3) is 5.91 Å². The van der Waals surface area contributed by atoms with Crippen molar-refractivity contribution in [3.8, 4) is 11.3 Å². The van der Waals surface area contributed by atoms with Gasteiger partial charge in [-0.3, -0.25) is 4.79 Å². The number of nitrogen functional groups attached to an aromatic ring is 1. The minimum Gasteiger partial charge on any atom is -0.383 e. The van der Waals surface area contributed by atoms with Gasteiger partial charge in [0, 0.05) is 18.7 Å². The number of hydrogen-bond acceptors (Lipinski definition) is 6. The molecule has 0 aliphatic carbocycles. The fourth-order valence-corrected chi connectivity index (χ4v) is 4.20. The van der Waals surface area contributed by atoms with Crippen molar-refractivity contribution in [3.63, 3.8) is 0 Å². The third-order valence-electron chi connectivity index (χ3n) is 5.93. The molecule has 4 N–H and O–H groups in total. The number of aromatic nitrogens is 4. The molecule has 8 nitrogen and oxygen atoms in total. The summed E-state index contributed by atoms with van der Waals surface area (Å²) in [5, 5.41) is 11.8. The molecule has 5 rings (SSSR count). The van der Waals surface area contributed by atoms with Crippen LogP contribution in [0.3, 0.4) is 0 Å². The quantitative estimate of drug-likeness (QED) is 0.435. The van der Waals surface area contributed by atoms with Gasteiger partial charge in [-0.2, -0.15) is 5.10 Å². The van der Waals surface area contributed by atoms with E-state index in [0.717, 1.165) is 53.8 Å². The van der Waals surface area contributed by atoms with Crippen LogP contribution < -0.4 is 16.4 Å². The Labute approximate surface area is 190 Å². The summed E-state index contributed by atoms with van der Waals surface area (Å²) in [6.07, 6.45) is 3.57. The fourth-order valence-electron chi connectivity index (χ4n) is 4.20. The van der Waals surface area contributed by atoms with Crippen LogP contribution in [0.5, 0.6) is 0 Å². The van der Waals surface area contributed by atoms with Gasteiger partial charge < -0.3 is 16.4 Å². The number of nitrogens with one attached hydrogen (secondary N) is 2. The lowest BCUT2D eigenvalue weighted by atomic mass is 10.1. The van der Waals surface area contributed by atoms with Crippen molar-refractivity contribution in [1.82, 2.24) is 30.4 Å². The summed E-state index contributed by atoms with van der Waals surface area (Å²) >= 11 is 0. The zero-order chi connectivity index (χ0) is 22.8. The van der Waals surface area contributed by atoms with E-state index in [0.29, 0.717) is 5.82 Å². The Kier molecular flexibility index (Phi) is 5.70. The smallest absolute Gasteiger partial charge is 0.254 e. The number of hydrogen-bond donors (Lipinski definition) is 3. The lowest BCUT2D eigenvalue weighted by Gasteiger charge is -2.23. The van der Waals surface area contributed by atoms with Crippen molar-refractivity contribution in [2.45, 2.75) is 25.4 Å². The van der Waals surface area contributed by atoms with Crippen LogP contribution in [-0.4, -0.2) is 38.7 Å². The highest BCUT2D eigenvalue weighted by molar-refractivity contribution is 5.98. The number of nitrogens with zero attached hydrogens (tertiary/aromatic N) is 4. The van der Waals surface area contributed by atoms with E-state index in [1.54, 1.807) is 12.1 Å². The second-order valence-corrected chi connectivity index (χ2v) is 8.11. The van der Waals surface area contributed by atoms with Gasteiger partial charge in [0.15, 0.2) is 5.65 Å². The van der Waals surface area contributed by atoms with Crippen LogP contribution in [0.25, 0.3) is 22.3 Å². The number of carbonyl (C=O) groups is 1. The van der Waals surface area contributed by atoms with E-state index in [1.165, 1.54) is 18.5 Å². The van der Waals surface area contributed by atoms with Crippen LogP contribution >= 0.6 is 0 Å². The van der Waals surface area contributed by atoms with E-state index >= 15 is 0 Å². The maximum Gasteiger partial charge on any atom is 0.254 e. The summed E-state index contributed by atoms with van der Waals surface area (Å²) in [7, 11) is 0. The summed E-state index contributed by atoms with van der Waals surface area (Å²) in [6.45, 7) is 2.12. The van der Waals surface area contributed by atoms with E-state index in [4.69, 9.17) is 10.8 Å². The van der Waals surface area contributed by atoms with Crippen LogP contribution in [0.4, 0.5) is 10.2 Å². The minimum atomic E-state index is -0.541. The molecule has 1 fully saturated rings. The zero-order valence-corrected chi connectivity index (χ0v) is 18.0. The molecule has 1 atom stereocenters. The molecule has 1 aliphatic heterocycles. The third kappa shape index (κ3) is 4.14. The predicted octanol–water partition coefficient (Wildman–Crippen LogP) is 3.07. The van der Waals surface area contributed by atoms with Crippen LogP contribution in [-0.2, 0) is 6.54 Å². The van der Waals surface area contributed by atoms with Gasteiger partial charge in [0.2, 0.25) is 0 Å². The Hall–Kier alpha value is -3.85. The van der Waals surface area contributed by atoms with Crippen LogP contribution in [0.1, 0.15) is 34.8 Å². The average Bonchev–Trinajstić information content (AvgIpc) is 3.25. The van der Waals surface area contributed by atoms with Gasteiger partial charge in [-0.1, -0.05) is 36.4 Å². The van der Waals surface area contributed by atoms with Gasteiger partial charge in [-0.05, 0) is 37.1 Å². The first-order chi connectivity index (χ1) is 16.1. The number of rotatable bonds is 5. The number of halogens is 1. The van der Waals surface area contributed by atoms with Crippen LogP contribution in [0, 0.1) is 5.82 Å². The molecule has 1 aliphatic rings. The number of amides is 1. The molecule has 9 heteroatoms. The van der Waals surface area contributed by atoms with Crippen molar-refractivity contribution in [2.75, 3.05) is 18.8 Å². The Balaban J connectivity index is 1.39. The summed E-state index contributed by atoms with van der Waals surface area (Å²) in [5.41, 5.74) is 9.47. The molecule has 2 aromatic carbocycles. The highest BCUT2D eigenvalue weighted by Crippen LogP contribution is 2.32. The maximum atomic E-state index is 13.8. The molecule has 1 amide bonds. The Morgan fingerprint density at radius 3 is 2.76 bits per heavy atom. The largest absolute Gasteiger partial charge is 0.383 e. The molecular formula is C24H24FN7O. The van der Waals surface area contributed by atoms with E-state index in [2.05, 4.69) is 20.6 Å². The number of nitrogens with two attached hydrogens (primary N) is 1. The molecule has 4 aromatic rings. The molecule has 0 unspecified atom stereocenters. The van der Waals surface area contributed by atoms with E-state index in [9.17, 15) is 9.18 Å². The number of benzene rings is 2. The van der Waals surface area contributed by atoms with Crippen molar-refractivity contribution < 1.29 is 9.18 Å². The molecule has 0 spiro atoms. The molecular weight excluding hydrogens is 421 g/mol. The highest BCUT2D eigenvalue weighted by atomic mass is 19.1. The Morgan fingerprint density at radius 2 is 2.00 bits per heavy atom. The van der Waals surface area contributed by atoms with E-state index in [1.807, 2.05) is 28.9 Å². The monoisotopic (exact) mass is 445 g/mol. The summed E-state index contributed by atoms with van der Waals surface area (Å²) in [4.78, 5) is 20.9. The minimum absolute atomic E-state index is 0.0267. The SMILES string of the molecule is Nc1ncnc2c1c(-c1ccc(CNC(=O)c3ccccc3F)cc1)nn2[C@@H]1CCCNC1. The van der Waals surface area contributed by atoms with E-state index < -0.39 is 11.7 Å². The number of carbonyl (C=O) groups excluding carboxylic acids is 1. The summed E-state index contributed by atoms with van der Waals surface area (Å²) < 4.78 is 15.8. The third-order valence-corrected chi connectivity index (χ3v) is 5.93. The summed E-state index contributed by atoms with van der Waals surface area (Å²) in [6, 6.07) is 13.8. The van der Waals surface area contributed by atoms with Crippen molar-refractivity contribution >= 4 is 22.8 Å². The van der Waals surface area contributed by atoms with Gasteiger partial charge in [0.05, 0.1) is 17.0 Å². The topological polar surface area (TPSA) is 111 Å². The second-order valence-electron chi connectivity index (χ2n) is 8.11. The van der Waals surface area contributed by atoms with Crippen LogP contribution in [0.15, 0.2) is 54.9 Å². The Morgan fingerprint density at radius 1 is 1.18 bits per heavy atom. The molecule has 0 saturated carbocycles. The average molecular weight is 446 g/mol. The van der Waals surface area contributed by atoms with Crippen LogP contribution in [0.2, 0.25) is 0 Å². The van der Waals surface area contributed by atoms with Gasteiger partial charge in [0.1, 0.15) is 23.7 Å². The normalized spacial score (nSPS) is 16.1. The summed E-state index contributed by atoms with van der Waals surface area (Å²) in [5.74, 6) is -0.597. The van der Waals surface area contributed by atoms with Crippen molar-refractivity contribution in [2.24, 2.45) is 0 Å². The first kappa shape index (κ1) is 21.0. The molecule has 168 valence electrons. The lowest BCUT2D eigenvalue weighted by Crippen LogP contribution is -2.32.